The number of nitrogens with zero attached hydrogens (tertiary/aromatic N) is 3. The Hall–Kier alpha value is -3.78. The van der Waals surface area contributed by atoms with Crippen molar-refractivity contribution in [3.05, 3.63) is 72.1 Å². The summed E-state index contributed by atoms with van der Waals surface area (Å²) in [5.74, 6) is 1.69. The third kappa shape index (κ3) is 4.85. The molecule has 0 unspecified atom stereocenters. The Morgan fingerprint density at radius 2 is 1.85 bits per heavy atom. The van der Waals surface area contributed by atoms with Crippen LogP contribution in [0, 0.1) is 0 Å². The summed E-state index contributed by atoms with van der Waals surface area (Å²) in [7, 11) is 0. The van der Waals surface area contributed by atoms with Gasteiger partial charge in [-0.1, -0.05) is 18.2 Å². The summed E-state index contributed by atoms with van der Waals surface area (Å²) in [6.07, 6.45) is 5.62. The second-order valence-corrected chi connectivity index (χ2v) is 8.32. The molecule has 0 amide bonds. The molecule has 6 N–H and O–H groups in total. The molecular weight excluding hydrogens is 414 g/mol. The van der Waals surface area contributed by atoms with Crippen molar-refractivity contribution in [2.24, 2.45) is 5.73 Å². The molecule has 8 nitrogen and oxygen atoms in total. The van der Waals surface area contributed by atoms with Gasteiger partial charge >= 0.3 is 0 Å². The highest BCUT2D eigenvalue weighted by atomic mass is 16.5. The Morgan fingerprint density at radius 1 is 1.06 bits per heavy atom. The van der Waals surface area contributed by atoms with Crippen LogP contribution in [-0.2, 0) is 4.74 Å². The molecule has 0 bridgehead atoms. The van der Waals surface area contributed by atoms with E-state index in [0.29, 0.717) is 17.7 Å². The van der Waals surface area contributed by atoms with Crippen molar-refractivity contribution in [3.8, 4) is 0 Å². The highest BCUT2D eigenvalue weighted by molar-refractivity contribution is 5.83. The summed E-state index contributed by atoms with van der Waals surface area (Å²) in [6, 6.07) is 16.2. The van der Waals surface area contributed by atoms with Crippen LogP contribution in [0.3, 0.4) is 0 Å². The number of nitrogens with two attached hydrogens (primary N) is 2. The first-order chi connectivity index (χ1) is 16.2. The molecule has 1 saturated heterocycles. The van der Waals surface area contributed by atoms with Crippen molar-refractivity contribution >= 4 is 34.5 Å². The van der Waals surface area contributed by atoms with Crippen LogP contribution in [0.5, 0.6) is 0 Å². The smallest absolute Gasteiger partial charge is 0.229 e. The average molecular weight is 444 g/mol. The van der Waals surface area contributed by atoms with Gasteiger partial charge in [0.2, 0.25) is 5.95 Å². The van der Waals surface area contributed by atoms with Crippen LogP contribution in [0.4, 0.5) is 28.8 Å². The van der Waals surface area contributed by atoms with Gasteiger partial charge in [0.05, 0.1) is 18.9 Å². The second kappa shape index (κ2) is 9.38. The minimum Gasteiger partial charge on any atom is -0.403 e. The molecule has 1 aliphatic heterocycles. The normalized spacial score (nSPS) is 16.5. The number of para-hydroxylation sites is 1. The lowest BCUT2D eigenvalue weighted by Gasteiger charge is -2.28. The lowest BCUT2D eigenvalue weighted by molar-refractivity contribution is 0.122. The number of nitrogens with one attached hydrogen (secondary N) is 2. The van der Waals surface area contributed by atoms with Crippen LogP contribution in [0.25, 0.3) is 5.70 Å². The van der Waals surface area contributed by atoms with Crippen LogP contribution in [0.15, 0.2) is 60.9 Å². The van der Waals surface area contributed by atoms with Gasteiger partial charge in [-0.05, 0) is 54.7 Å². The molecule has 0 radical (unpaired) electrons. The predicted octanol–water partition coefficient (Wildman–Crippen LogP) is 3.89. The Labute approximate surface area is 193 Å². The maximum Gasteiger partial charge on any atom is 0.229 e. The molecule has 2 heterocycles. The first-order valence-electron chi connectivity index (χ1n) is 11.3. The van der Waals surface area contributed by atoms with Gasteiger partial charge in [0.25, 0.3) is 0 Å². The fourth-order valence-corrected chi connectivity index (χ4v) is 4.10. The number of morpholine rings is 1. The van der Waals surface area contributed by atoms with Crippen LogP contribution in [0.1, 0.15) is 29.9 Å². The van der Waals surface area contributed by atoms with Crippen LogP contribution in [-0.4, -0.2) is 36.3 Å². The summed E-state index contributed by atoms with van der Waals surface area (Å²) in [6.45, 7) is 3.36. The lowest BCUT2D eigenvalue weighted by Crippen LogP contribution is -2.36. The monoisotopic (exact) mass is 443 g/mol. The standard InChI is InChI=1S/C25H29N7O/c26-16-22(21-3-1-2-20(24(21)27)17-4-5-17)30-23-10-11-28-25(31-23)29-18-6-8-19(9-7-18)32-12-14-33-15-13-32/h1-3,6-11,16-17H,4-5,12-15,26-27H2,(H2,28,29,30,31)/b22-16+. The molecule has 5 rings (SSSR count). The van der Waals surface area contributed by atoms with Crippen LogP contribution < -0.4 is 27.0 Å². The van der Waals surface area contributed by atoms with E-state index in [1.807, 2.05) is 24.3 Å². The molecule has 2 fully saturated rings. The van der Waals surface area contributed by atoms with Crippen molar-refractivity contribution in [1.82, 2.24) is 9.97 Å². The number of aromatic nitrogens is 2. The average Bonchev–Trinajstić information content (AvgIpc) is 3.70. The summed E-state index contributed by atoms with van der Waals surface area (Å²) >= 11 is 0. The molecule has 170 valence electrons. The molecule has 0 atom stereocenters. The van der Waals surface area contributed by atoms with Gasteiger partial charge in [0.1, 0.15) is 5.82 Å². The van der Waals surface area contributed by atoms with Crippen molar-refractivity contribution in [1.29, 1.82) is 0 Å². The summed E-state index contributed by atoms with van der Waals surface area (Å²) in [4.78, 5) is 11.3. The number of ether oxygens (including phenoxy) is 1. The van der Waals surface area contributed by atoms with E-state index in [0.717, 1.165) is 48.9 Å². The molecule has 8 heteroatoms. The van der Waals surface area contributed by atoms with E-state index in [2.05, 4.69) is 43.7 Å². The molecule has 3 aromatic rings. The first-order valence-corrected chi connectivity index (χ1v) is 11.3. The van der Waals surface area contributed by atoms with Crippen molar-refractivity contribution in [3.63, 3.8) is 0 Å². The minimum atomic E-state index is 0.496. The topological polar surface area (TPSA) is 114 Å². The van der Waals surface area contributed by atoms with Gasteiger partial charge in [0.15, 0.2) is 0 Å². The number of hydrogen-bond acceptors (Lipinski definition) is 8. The van der Waals surface area contributed by atoms with Crippen LogP contribution >= 0.6 is 0 Å². The molecule has 0 spiro atoms. The van der Waals surface area contributed by atoms with Gasteiger partial charge in [-0.25, -0.2) is 4.98 Å². The zero-order valence-electron chi connectivity index (χ0n) is 18.5. The van der Waals surface area contributed by atoms with E-state index in [-0.39, 0.29) is 0 Å². The fourth-order valence-electron chi connectivity index (χ4n) is 4.10. The first kappa shape index (κ1) is 21.1. The highest BCUT2D eigenvalue weighted by Crippen LogP contribution is 2.44. The van der Waals surface area contributed by atoms with Gasteiger partial charge in [-0.3, -0.25) is 0 Å². The number of benzene rings is 2. The number of anilines is 5. The molecular formula is C25H29N7O. The van der Waals surface area contributed by atoms with Gasteiger partial charge in [-0.2, -0.15) is 4.98 Å². The van der Waals surface area contributed by atoms with Gasteiger partial charge in [-0.15, -0.1) is 0 Å². The van der Waals surface area contributed by atoms with E-state index in [4.69, 9.17) is 16.2 Å². The third-order valence-corrected chi connectivity index (χ3v) is 6.03. The summed E-state index contributed by atoms with van der Waals surface area (Å²) in [5, 5.41) is 6.57. The molecule has 1 aliphatic carbocycles. The largest absolute Gasteiger partial charge is 0.403 e. The Bertz CT molecular complexity index is 1140. The Kier molecular flexibility index (Phi) is 5.99. The van der Waals surface area contributed by atoms with E-state index >= 15 is 0 Å². The van der Waals surface area contributed by atoms with Crippen molar-refractivity contribution < 1.29 is 4.74 Å². The maximum absolute atomic E-state index is 6.46. The second-order valence-electron chi connectivity index (χ2n) is 8.32. The van der Waals surface area contributed by atoms with Gasteiger partial charge in [0, 0.05) is 48.1 Å². The van der Waals surface area contributed by atoms with E-state index in [9.17, 15) is 0 Å². The molecule has 2 aliphatic rings. The van der Waals surface area contributed by atoms with Crippen LogP contribution in [0.2, 0.25) is 0 Å². The number of nitrogen functional groups attached to an aromatic ring is 1. The molecule has 33 heavy (non-hydrogen) atoms. The summed E-state index contributed by atoms with van der Waals surface area (Å²) in [5.41, 5.74) is 18.1. The fraction of sp³-hybridized carbons (Fsp3) is 0.280. The molecule has 1 saturated carbocycles. The highest BCUT2D eigenvalue weighted by Gasteiger charge is 2.26. The van der Waals surface area contributed by atoms with E-state index in [1.165, 1.54) is 30.3 Å². The Morgan fingerprint density at radius 3 is 2.58 bits per heavy atom. The molecule has 2 aromatic carbocycles. The quantitative estimate of drug-likeness (QED) is 0.407. The van der Waals surface area contributed by atoms with E-state index in [1.54, 1.807) is 12.3 Å². The number of rotatable bonds is 7. The predicted molar refractivity (Wildman–Crippen MR) is 133 cm³/mol. The van der Waals surface area contributed by atoms with Crippen molar-refractivity contribution in [2.75, 3.05) is 47.6 Å². The van der Waals surface area contributed by atoms with Crippen molar-refractivity contribution in [2.45, 2.75) is 18.8 Å². The van der Waals surface area contributed by atoms with Gasteiger partial charge < -0.3 is 31.7 Å². The zero-order valence-corrected chi connectivity index (χ0v) is 18.5. The Balaban J connectivity index is 1.28. The SMILES string of the molecule is N/C=C(/Nc1ccnc(Nc2ccc(N3CCOCC3)cc2)n1)c1cccc(C2CC2)c1N. The third-order valence-electron chi connectivity index (χ3n) is 6.03. The zero-order chi connectivity index (χ0) is 22.6. The minimum absolute atomic E-state index is 0.496. The van der Waals surface area contributed by atoms with E-state index < -0.39 is 0 Å². The lowest BCUT2D eigenvalue weighted by atomic mass is 10.0. The number of hydrogen-bond donors (Lipinski definition) is 4. The molecule has 1 aromatic heterocycles. The summed E-state index contributed by atoms with van der Waals surface area (Å²) < 4.78 is 5.43. The maximum atomic E-state index is 6.46.